The number of aryl methyl sites for hydroxylation is 1. The minimum absolute atomic E-state index is 0.00795. The third-order valence-electron chi connectivity index (χ3n) is 6.12. The number of hydrogen-bond acceptors (Lipinski definition) is 4. The maximum Gasteiger partial charge on any atom is 0.253 e. The van der Waals surface area contributed by atoms with Crippen molar-refractivity contribution in [3.63, 3.8) is 0 Å². The topological polar surface area (TPSA) is 72.7 Å². The monoisotopic (exact) mass is 411 g/mol. The van der Waals surface area contributed by atoms with Crippen LogP contribution in [0.3, 0.4) is 0 Å². The van der Waals surface area contributed by atoms with Crippen molar-refractivity contribution in [3.8, 4) is 11.3 Å². The van der Waals surface area contributed by atoms with Gasteiger partial charge in [-0.05, 0) is 25.0 Å². The van der Waals surface area contributed by atoms with E-state index in [9.17, 15) is 4.79 Å². The summed E-state index contributed by atoms with van der Waals surface area (Å²) < 4.78 is 1.98. The van der Waals surface area contributed by atoms with Gasteiger partial charge in [-0.15, -0.1) is 0 Å². The standard InChI is InChI=1S/C25H25N5O/c1-25(2)15-17(28-24(31)18-10-7-11-20-21(18)27-13-12-26-20)14-19-22(30(3)29-23(19)25)16-8-5-4-6-9-16/h4-13,17H,14-15H2,1-3H3,(H,28,31). The maximum absolute atomic E-state index is 13.2. The number of amides is 1. The Morgan fingerprint density at radius 2 is 1.84 bits per heavy atom. The Balaban J connectivity index is 1.49. The van der Waals surface area contributed by atoms with Gasteiger partial charge in [-0.1, -0.05) is 50.2 Å². The van der Waals surface area contributed by atoms with Crippen molar-refractivity contribution in [3.05, 3.63) is 77.7 Å². The number of nitrogens with one attached hydrogen (secondary N) is 1. The Hall–Kier alpha value is -3.54. The number of carbonyl (C=O) groups excluding carboxylic acids is 1. The molecular formula is C25H25N5O. The fourth-order valence-corrected chi connectivity index (χ4v) is 4.83. The van der Waals surface area contributed by atoms with Crippen LogP contribution in [-0.4, -0.2) is 31.7 Å². The van der Waals surface area contributed by atoms with Gasteiger partial charge in [0.05, 0.1) is 22.5 Å². The molecule has 0 aliphatic heterocycles. The highest BCUT2D eigenvalue weighted by Crippen LogP contribution is 2.40. The van der Waals surface area contributed by atoms with Crippen LogP contribution in [0.15, 0.2) is 60.9 Å². The molecule has 0 saturated heterocycles. The molecular weight excluding hydrogens is 386 g/mol. The molecule has 0 saturated carbocycles. The molecule has 1 N–H and O–H groups in total. The molecule has 0 fully saturated rings. The molecule has 1 aliphatic rings. The molecule has 0 bridgehead atoms. The molecule has 1 unspecified atom stereocenters. The van der Waals surface area contributed by atoms with Crippen LogP contribution in [0.1, 0.15) is 41.9 Å². The average Bonchev–Trinajstić information content (AvgIpc) is 3.10. The van der Waals surface area contributed by atoms with Gasteiger partial charge in [-0.3, -0.25) is 19.4 Å². The highest BCUT2D eigenvalue weighted by molar-refractivity contribution is 6.04. The molecule has 2 aromatic carbocycles. The van der Waals surface area contributed by atoms with E-state index in [1.54, 1.807) is 12.4 Å². The molecule has 2 aromatic heterocycles. The van der Waals surface area contributed by atoms with Crippen molar-refractivity contribution in [1.82, 2.24) is 25.1 Å². The van der Waals surface area contributed by atoms with Crippen LogP contribution in [0, 0.1) is 0 Å². The zero-order valence-electron chi connectivity index (χ0n) is 18.0. The number of hydrogen-bond donors (Lipinski definition) is 1. The van der Waals surface area contributed by atoms with Crippen molar-refractivity contribution in [1.29, 1.82) is 0 Å². The highest BCUT2D eigenvalue weighted by Gasteiger charge is 2.38. The van der Waals surface area contributed by atoms with E-state index < -0.39 is 0 Å². The number of aromatic nitrogens is 4. The molecule has 0 spiro atoms. The zero-order valence-corrected chi connectivity index (χ0v) is 18.0. The van der Waals surface area contributed by atoms with Gasteiger partial charge in [0.2, 0.25) is 0 Å². The predicted molar refractivity (Wildman–Crippen MR) is 121 cm³/mol. The fraction of sp³-hybridized carbons (Fsp3) is 0.280. The lowest BCUT2D eigenvalue weighted by Crippen LogP contribution is -2.44. The number of fused-ring (bicyclic) bond motifs is 2. The van der Waals surface area contributed by atoms with E-state index >= 15 is 0 Å². The van der Waals surface area contributed by atoms with E-state index in [-0.39, 0.29) is 17.4 Å². The van der Waals surface area contributed by atoms with Gasteiger partial charge in [-0.25, -0.2) is 0 Å². The molecule has 31 heavy (non-hydrogen) atoms. The van der Waals surface area contributed by atoms with E-state index in [1.165, 1.54) is 5.56 Å². The average molecular weight is 412 g/mol. The third-order valence-corrected chi connectivity index (χ3v) is 6.12. The van der Waals surface area contributed by atoms with Crippen LogP contribution in [0.4, 0.5) is 0 Å². The number of nitrogens with zero attached hydrogens (tertiary/aromatic N) is 4. The fourth-order valence-electron chi connectivity index (χ4n) is 4.83. The summed E-state index contributed by atoms with van der Waals surface area (Å²) in [4.78, 5) is 21.9. The summed E-state index contributed by atoms with van der Waals surface area (Å²) >= 11 is 0. The molecule has 1 atom stereocenters. The van der Waals surface area contributed by atoms with Crippen molar-refractivity contribution >= 4 is 16.9 Å². The van der Waals surface area contributed by atoms with Gasteiger partial charge in [0, 0.05) is 42.0 Å². The molecule has 6 heteroatoms. The summed E-state index contributed by atoms with van der Waals surface area (Å²) in [6.07, 6.45) is 4.84. The first-order valence-electron chi connectivity index (χ1n) is 10.6. The van der Waals surface area contributed by atoms with Crippen LogP contribution in [0.5, 0.6) is 0 Å². The quantitative estimate of drug-likeness (QED) is 0.552. The van der Waals surface area contributed by atoms with E-state index in [0.29, 0.717) is 11.1 Å². The first-order valence-corrected chi connectivity index (χ1v) is 10.6. The Kier molecular flexibility index (Phi) is 4.58. The van der Waals surface area contributed by atoms with Crippen LogP contribution >= 0.6 is 0 Å². The third kappa shape index (κ3) is 3.38. The van der Waals surface area contributed by atoms with E-state index in [4.69, 9.17) is 5.10 Å². The van der Waals surface area contributed by atoms with Crippen molar-refractivity contribution < 1.29 is 4.79 Å². The van der Waals surface area contributed by atoms with Gasteiger partial charge in [0.1, 0.15) is 5.52 Å². The molecule has 6 nitrogen and oxygen atoms in total. The molecule has 1 amide bonds. The van der Waals surface area contributed by atoms with Gasteiger partial charge >= 0.3 is 0 Å². The Morgan fingerprint density at radius 1 is 1.06 bits per heavy atom. The second-order valence-corrected chi connectivity index (χ2v) is 8.86. The highest BCUT2D eigenvalue weighted by atomic mass is 16.1. The summed E-state index contributed by atoms with van der Waals surface area (Å²) in [5.74, 6) is -0.111. The minimum atomic E-state index is -0.144. The minimum Gasteiger partial charge on any atom is -0.349 e. The molecule has 4 aromatic rings. The van der Waals surface area contributed by atoms with Crippen molar-refractivity contribution in [2.45, 2.75) is 38.1 Å². The molecule has 0 radical (unpaired) electrons. The van der Waals surface area contributed by atoms with Crippen LogP contribution in [-0.2, 0) is 18.9 Å². The molecule has 1 aliphatic carbocycles. The lowest BCUT2D eigenvalue weighted by Gasteiger charge is -2.35. The van der Waals surface area contributed by atoms with Gasteiger partial charge in [0.25, 0.3) is 5.91 Å². The van der Waals surface area contributed by atoms with Crippen molar-refractivity contribution in [2.24, 2.45) is 7.05 Å². The Bertz CT molecular complexity index is 1270. The number of rotatable bonds is 3. The predicted octanol–water partition coefficient (Wildman–Crippen LogP) is 4.05. The zero-order chi connectivity index (χ0) is 21.6. The molecule has 156 valence electrons. The second kappa shape index (κ2) is 7.30. The van der Waals surface area contributed by atoms with E-state index in [0.717, 1.165) is 35.3 Å². The first kappa shape index (κ1) is 19.4. The maximum atomic E-state index is 13.2. The second-order valence-electron chi connectivity index (χ2n) is 8.86. The van der Waals surface area contributed by atoms with Crippen LogP contribution in [0.2, 0.25) is 0 Å². The van der Waals surface area contributed by atoms with Gasteiger partial charge < -0.3 is 5.32 Å². The van der Waals surface area contributed by atoms with Crippen LogP contribution in [0.25, 0.3) is 22.3 Å². The normalized spacial score (nSPS) is 17.3. The molecule has 2 heterocycles. The van der Waals surface area contributed by atoms with Gasteiger partial charge in [0.15, 0.2) is 0 Å². The first-order chi connectivity index (χ1) is 14.9. The number of carbonyl (C=O) groups is 1. The van der Waals surface area contributed by atoms with E-state index in [1.807, 2.05) is 48.1 Å². The summed E-state index contributed by atoms with van der Waals surface area (Å²) in [7, 11) is 2.00. The van der Waals surface area contributed by atoms with Crippen LogP contribution < -0.4 is 5.32 Å². The number of benzene rings is 2. The lowest BCUT2D eigenvalue weighted by atomic mass is 9.73. The summed E-state index contributed by atoms with van der Waals surface area (Å²) in [5, 5.41) is 8.15. The summed E-state index contributed by atoms with van der Waals surface area (Å²) in [6.45, 7) is 4.41. The number of para-hydroxylation sites is 1. The lowest BCUT2D eigenvalue weighted by molar-refractivity contribution is 0.0929. The van der Waals surface area contributed by atoms with Crippen molar-refractivity contribution in [2.75, 3.05) is 0 Å². The summed E-state index contributed by atoms with van der Waals surface area (Å²) in [6, 6.07) is 15.9. The smallest absolute Gasteiger partial charge is 0.253 e. The molecule has 5 rings (SSSR count). The Morgan fingerprint density at radius 3 is 2.65 bits per heavy atom. The summed E-state index contributed by atoms with van der Waals surface area (Å²) in [5.41, 5.74) is 6.37. The van der Waals surface area contributed by atoms with E-state index in [2.05, 4.69) is 41.3 Å². The SMILES string of the molecule is Cn1nc2c(c1-c1ccccc1)CC(NC(=O)c1cccc3nccnc13)CC2(C)C. The largest absolute Gasteiger partial charge is 0.349 e. The Labute approximate surface area is 181 Å². The van der Waals surface area contributed by atoms with Gasteiger partial charge in [-0.2, -0.15) is 5.10 Å².